The van der Waals surface area contributed by atoms with E-state index >= 15 is 0 Å². The summed E-state index contributed by atoms with van der Waals surface area (Å²) < 4.78 is 13.5. The minimum Gasteiger partial charge on any atom is -0.395 e. The van der Waals surface area contributed by atoms with Gasteiger partial charge in [-0.2, -0.15) is 0 Å². The van der Waals surface area contributed by atoms with E-state index in [4.69, 9.17) is 0 Å². The van der Waals surface area contributed by atoms with Crippen molar-refractivity contribution in [1.29, 1.82) is 0 Å². The van der Waals surface area contributed by atoms with Gasteiger partial charge in [-0.15, -0.1) is 0 Å². The largest absolute Gasteiger partial charge is 0.395 e. The van der Waals surface area contributed by atoms with E-state index in [1.807, 2.05) is 61.2 Å². The lowest BCUT2D eigenvalue weighted by Crippen LogP contribution is -2.65. The van der Waals surface area contributed by atoms with Gasteiger partial charge in [-0.05, 0) is 49.8 Å². The maximum Gasteiger partial charge on any atom is 0.236 e. The van der Waals surface area contributed by atoms with Gasteiger partial charge in [0, 0.05) is 31.1 Å². The van der Waals surface area contributed by atoms with E-state index in [-0.39, 0.29) is 36.3 Å². The second-order valence-corrected chi connectivity index (χ2v) is 7.89. The molecular formula is C23H30FN3O2. The molecule has 1 heterocycles. The Morgan fingerprint density at radius 3 is 2.41 bits per heavy atom. The van der Waals surface area contributed by atoms with Gasteiger partial charge in [-0.1, -0.05) is 36.4 Å². The van der Waals surface area contributed by atoms with Crippen LogP contribution in [0.2, 0.25) is 0 Å². The second-order valence-electron chi connectivity index (χ2n) is 7.89. The molecule has 0 spiro atoms. The molecule has 0 radical (unpaired) electrons. The van der Waals surface area contributed by atoms with Crippen molar-refractivity contribution in [2.45, 2.75) is 24.9 Å². The molecule has 2 aromatic rings. The van der Waals surface area contributed by atoms with E-state index in [1.165, 1.54) is 12.1 Å². The zero-order valence-electron chi connectivity index (χ0n) is 17.3. The third-order valence-electron chi connectivity index (χ3n) is 5.55. The van der Waals surface area contributed by atoms with E-state index in [1.54, 1.807) is 6.07 Å². The lowest BCUT2D eigenvalue weighted by molar-refractivity contribution is -0.132. The van der Waals surface area contributed by atoms with Crippen LogP contribution in [0.1, 0.15) is 18.4 Å². The summed E-state index contributed by atoms with van der Waals surface area (Å²) >= 11 is 0. The van der Waals surface area contributed by atoms with Crippen LogP contribution in [0.25, 0.3) is 11.1 Å². The van der Waals surface area contributed by atoms with E-state index in [0.29, 0.717) is 19.6 Å². The molecule has 2 N–H and O–H groups in total. The average Bonchev–Trinajstić information content (AvgIpc) is 2.67. The highest BCUT2D eigenvalue weighted by molar-refractivity contribution is 5.78. The van der Waals surface area contributed by atoms with E-state index in [2.05, 4.69) is 5.32 Å². The van der Waals surface area contributed by atoms with Crippen molar-refractivity contribution < 1.29 is 14.3 Å². The molecule has 1 saturated heterocycles. The molecule has 29 heavy (non-hydrogen) atoms. The molecule has 0 aliphatic carbocycles. The van der Waals surface area contributed by atoms with Crippen LogP contribution in [-0.2, 0) is 4.79 Å². The molecule has 6 heteroatoms. The monoisotopic (exact) mass is 399 g/mol. The maximum absolute atomic E-state index is 13.5. The number of carbonyl (C=O) groups is 1. The van der Waals surface area contributed by atoms with E-state index in [0.717, 1.165) is 16.7 Å². The molecule has 0 aromatic heterocycles. The number of hydrogen-bond donors (Lipinski definition) is 2. The highest BCUT2D eigenvalue weighted by Gasteiger charge is 2.42. The predicted octanol–water partition coefficient (Wildman–Crippen LogP) is 2.32. The lowest BCUT2D eigenvalue weighted by Gasteiger charge is -2.47. The number of benzene rings is 2. The van der Waals surface area contributed by atoms with Gasteiger partial charge in [-0.25, -0.2) is 4.39 Å². The molecule has 3 rings (SSSR count). The first-order valence-electron chi connectivity index (χ1n) is 10.1. The molecule has 0 bridgehead atoms. The summed E-state index contributed by atoms with van der Waals surface area (Å²) in [5.41, 5.74) is 2.91. The number of aliphatic hydroxyl groups is 1. The van der Waals surface area contributed by atoms with Crippen LogP contribution in [0.5, 0.6) is 0 Å². The summed E-state index contributed by atoms with van der Waals surface area (Å²) in [6.45, 7) is 3.68. The Kier molecular flexibility index (Phi) is 7.00. The third-order valence-corrected chi connectivity index (χ3v) is 5.55. The van der Waals surface area contributed by atoms with Crippen molar-refractivity contribution in [1.82, 2.24) is 15.1 Å². The number of likely N-dealkylation sites (N-methyl/N-ethyl adjacent to an activating group) is 2. The molecule has 3 atom stereocenters. The van der Waals surface area contributed by atoms with Crippen LogP contribution in [0.3, 0.4) is 0 Å². The van der Waals surface area contributed by atoms with Gasteiger partial charge in [0.1, 0.15) is 5.82 Å². The molecule has 1 amide bonds. The number of amides is 1. The minimum absolute atomic E-state index is 0.0253. The quantitative estimate of drug-likeness (QED) is 0.715. The molecule has 2 aromatic carbocycles. The highest BCUT2D eigenvalue weighted by atomic mass is 19.1. The summed E-state index contributed by atoms with van der Waals surface area (Å²) in [7, 11) is 3.77. The zero-order chi connectivity index (χ0) is 21.0. The minimum atomic E-state index is -0.253. The van der Waals surface area contributed by atoms with Crippen molar-refractivity contribution in [3.8, 4) is 11.1 Å². The molecule has 1 aliphatic rings. The summed E-state index contributed by atoms with van der Waals surface area (Å²) in [6.07, 6.45) is 0. The van der Waals surface area contributed by atoms with Crippen LogP contribution in [0.15, 0.2) is 48.5 Å². The fraction of sp³-hybridized carbons (Fsp3) is 0.435. The van der Waals surface area contributed by atoms with Gasteiger partial charge in [0.05, 0.1) is 13.2 Å². The van der Waals surface area contributed by atoms with Gasteiger partial charge in [-0.3, -0.25) is 4.79 Å². The lowest BCUT2D eigenvalue weighted by atomic mass is 9.77. The van der Waals surface area contributed by atoms with Crippen molar-refractivity contribution >= 4 is 5.91 Å². The van der Waals surface area contributed by atoms with Crippen LogP contribution in [0.4, 0.5) is 4.39 Å². The van der Waals surface area contributed by atoms with Crippen LogP contribution < -0.4 is 5.32 Å². The molecule has 1 aliphatic heterocycles. The van der Waals surface area contributed by atoms with Gasteiger partial charge < -0.3 is 20.2 Å². The SMILES string of the molecule is CCN(C[C@@H]1N[C@@H](CO)[C@H]1c1ccc(-c2cccc(F)c2)cc1)C(=O)CN(C)C. The van der Waals surface area contributed by atoms with Gasteiger partial charge >= 0.3 is 0 Å². The van der Waals surface area contributed by atoms with Crippen LogP contribution >= 0.6 is 0 Å². The number of nitrogens with zero attached hydrogens (tertiary/aromatic N) is 2. The van der Waals surface area contributed by atoms with Gasteiger partial charge in [0.15, 0.2) is 0 Å². The number of nitrogens with one attached hydrogen (secondary N) is 1. The van der Waals surface area contributed by atoms with Crippen LogP contribution in [0, 0.1) is 5.82 Å². The number of halogens is 1. The van der Waals surface area contributed by atoms with E-state index < -0.39 is 0 Å². The van der Waals surface area contributed by atoms with Crippen molar-refractivity contribution in [2.75, 3.05) is 40.3 Å². The number of rotatable bonds is 8. The second kappa shape index (κ2) is 9.48. The molecule has 156 valence electrons. The number of hydrogen-bond acceptors (Lipinski definition) is 4. The third kappa shape index (κ3) is 5.01. The van der Waals surface area contributed by atoms with Crippen LogP contribution in [-0.4, -0.2) is 73.2 Å². The Morgan fingerprint density at radius 1 is 1.10 bits per heavy atom. The Labute approximate surface area is 172 Å². The first kappa shape index (κ1) is 21.4. The first-order valence-corrected chi connectivity index (χ1v) is 10.1. The zero-order valence-corrected chi connectivity index (χ0v) is 17.3. The fourth-order valence-electron chi connectivity index (χ4n) is 4.02. The smallest absolute Gasteiger partial charge is 0.236 e. The summed E-state index contributed by atoms with van der Waals surface area (Å²) in [5.74, 6) is -0.0213. The molecule has 5 nitrogen and oxygen atoms in total. The van der Waals surface area contributed by atoms with Gasteiger partial charge in [0.25, 0.3) is 0 Å². The Morgan fingerprint density at radius 2 is 1.83 bits per heavy atom. The van der Waals surface area contributed by atoms with Gasteiger partial charge in [0.2, 0.25) is 5.91 Å². The van der Waals surface area contributed by atoms with E-state index in [9.17, 15) is 14.3 Å². The highest BCUT2D eigenvalue weighted by Crippen LogP contribution is 2.34. The fourth-order valence-corrected chi connectivity index (χ4v) is 4.02. The maximum atomic E-state index is 13.5. The van der Waals surface area contributed by atoms with Crippen molar-refractivity contribution in [2.24, 2.45) is 0 Å². The summed E-state index contributed by atoms with van der Waals surface area (Å²) in [4.78, 5) is 16.2. The molecule has 0 saturated carbocycles. The van der Waals surface area contributed by atoms with Crippen molar-refractivity contribution in [3.05, 3.63) is 59.9 Å². The number of aliphatic hydroxyl groups excluding tert-OH is 1. The normalized spacial score (nSPS) is 21.1. The predicted molar refractivity (Wildman–Crippen MR) is 113 cm³/mol. The average molecular weight is 400 g/mol. The Bertz CT molecular complexity index is 825. The molecule has 0 unspecified atom stereocenters. The molecule has 1 fully saturated rings. The standard InChI is InChI=1S/C23H30FN3O2/c1-4-27(22(29)14-26(2)3)13-20-23(21(15-28)25-20)17-10-8-16(9-11-17)18-6-5-7-19(24)12-18/h5-12,20-21,23,25,28H,4,13-15H2,1-3H3/t20-,21-,23-/m0/s1. The first-order chi connectivity index (χ1) is 13.9. The summed E-state index contributed by atoms with van der Waals surface area (Å²) in [5, 5.41) is 13.1. The Balaban J connectivity index is 1.74. The topological polar surface area (TPSA) is 55.8 Å². The number of carbonyl (C=O) groups excluding carboxylic acids is 1. The Hall–Kier alpha value is -2.28. The molecular weight excluding hydrogens is 369 g/mol. The summed E-state index contributed by atoms with van der Waals surface area (Å²) in [6, 6.07) is 14.7. The van der Waals surface area contributed by atoms with Crippen molar-refractivity contribution in [3.63, 3.8) is 0 Å².